The lowest BCUT2D eigenvalue weighted by molar-refractivity contribution is -0.108. The third kappa shape index (κ3) is 3.43. The van der Waals surface area contributed by atoms with Crippen LogP contribution in [-0.4, -0.2) is 19.7 Å². The van der Waals surface area contributed by atoms with E-state index in [-0.39, 0.29) is 5.75 Å². The average Bonchev–Trinajstić information content (AvgIpc) is 3.21. The fraction of sp³-hybridized carbons (Fsp3) is 0.100. The van der Waals surface area contributed by atoms with Crippen molar-refractivity contribution in [3.8, 4) is 5.75 Å². The van der Waals surface area contributed by atoms with Gasteiger partial charge in [-0.15, -0.1) is 11.3 Å². The van der Waals surface area contributed by atoms with Gasteiger partial charge in [-0.05, 0) is 11.6 Å². The van der Waals surface area contributed by atoms with Crippen LogP contribution in [0, 0.1) is 0 Å². The van der Waals surface area contributed by atoms with Crippen LogP contribution in [0.2, 0.25) is 0 Å². The summed E-state index contributed by atoms with van der Waals surface area (Å²) in [7, 11) is -2.48. The summed E-state index contributed by atoms with van der Waals surface area (Å²) < 4.78 is 28.1. The Bertz CT molecular complexity index is 1080. The van der Waals surface area contributed by atoms with Gasteiger partial charge in [0.25, 0.3) is 0 Å². The van der Waals surface area contributed by atoms with Gasteiger partial charge in [-0.2, -0.15) is 0 Å². The maximum atomic E-state index is 12.0. The molecule has 5 nitrogen and oxygen atoms in total. The molecule has 1 unspecified atom stereocenters. The fourth-order valence-corrected chi connectivity index (χ4v) is 4.37. The molecule has 3 aromatic rings. The van der Waals surface area contributed by atoms with E-state index in [1.54, 1.807) is 18.3 Å². The first-order valence-electron chi connectivity index (χ1n) is 8.24. The van der Waals surface area contributed by atoms with Crippen molar-refractivity contribution in [2.75, 3.05) is 0 Å². The number of rotatable bonds is 5. The van der Waals surface area contributed by atoms with Crippen molar-refractivity contribution in [2.24, 2.45) is 0 Å². The maximum absolute atomic E-state index is 12.0. The van der Waals surface area contributed by atoms with Crippen molar-refractivity contribution < 1.29 is 17.9 Å². The number of nitrogens with zero attached hydrogens (tertiary/aromatic N) is 1. The highest BCUT2D eigenvalue weighted by molar-refractivity contribution is 7.71. The molecular formula is C20H15NO4S2. The summed E-state index contributed by atoms with van der Waals surface area (Å²) in [6, 6.07) is 14.6. The molecule has 1 aliphatic heterocycles. The number of allylic oxidation sites excluding steroid dienone is 1. The minimum absolute atomic E-state index is 0.00531. The lowest BCUT2D eigenvalue weighted by Crippen LogP contribution is -2.15. The van der Waals surface area contributed by atoms with Crippen molar-refractivity contribution >= 4 is 39.7 Å². The lowest BCUT2D eigenvalue weighted by Gasteiger charge is -2.27. The van der Waals surface area contributed by atoms with Crippen LogP contribution in [0.1, 0.15) is 27.6 Å². The molecule has 0 radical (unpaired) electrons. The number of thiazole rings is 1. The Morgan fingerprint density at radius 1 is 1.11 bits per heavy atom. The van der Waals surface area contributed by atoms with E-state index in [1.165, 1.54) is 11.3 Å². The van der Waals surface area contributed by atoms with Crippen LogP contribution in [0.25, 0.3) is 11.3 Å². The molecule has 1 aromatic heterocycles. The van der Waals surface area contributed by atoms with E-state index in [0.29, 0.717) is 17.1 Å². The smallest absolute Gasteiger partial charge is 0.144 e. The molecule has 0 saturated carbocycles. The van der Waals surface area contributed by atoms with Gasteiger partial charge in [0.05, 0.1) is 11.7 Å². The number of carbonyl (C=O) groups is 1. The zero-order valence-corrected chi connectivity index (χ0v) is 15.8. The Kier molecular flexibility index (Phi) is 4.87. The first kappa shape index (κ1) is 17.6. The number of hydrogen-bond donors (Lipinski definition) is 1. The van der Waals surface area contributed by atoms with E-state index in [9.17, 15) is 13.2 Å². The first-order valence-corrected chi connectivity index (χ1v) is 10.5. The second-order valence-electron chi connectivity index (χ2n) is 6.02. The van der Waals surface area contributed by atoms with Gasteiger partial charge in [0, 0.05) is 28.3 Å². The number of thiol groups is 1. The summed E-state index contributed by atoms with van der Waals surface area (Å²) >= 11 is 1.45. The molecule has 27 heavy (non-hydrogen) atoms. The number of hydrogen-bond acceptors (Lipinski definition) is 6. The number of aromatic nitrogens is 1. The van der Waals surface area contributed by atoms with Crippen LogP contribution in [0.15, 0.2) is 60.1 Å². The van der Waals surface area contributed by atoms with Crippen LogP contribution >= 0.6 is 11.3 Å². The van der Waals surface area contributed by atoms with E-state index in [1.807, 2.05) is 41.8 Å². The van der Waals surface area contributed by atoms with Gasteiger partial charge in [-0.25, -0.2) is 13.4 Å². The van der Waals surface area contributed by atoms with E-state index < -0.39 is 16.6 Å². The molecule has 0 spiro atoms. The summed E-state index contributed by atoms with van der Waals surface area (Å²) in [6.07, 6.45) is 2.61. The molecule has 2 aromatic carbocycles. The van der Waals surface area contributed by atoms with E-state index in [2.05, 4.69) is 4.98 Å². The maximum Gasteiger partial charge on any atom is 0.144 e. The second-order valence-corrected chi connectivity index (χ2v) is 7.90. The molecule has 2 heterocycles. The molecule has 0 saturated heterocycles. The van der Waals surface area contributed by atoms with Crippen molar-refractivity contribution in [3.63, 3.8) is 0 Å². The van der Waals surface area contributed by atoms with E-state index in [4.69, 9.17) is 4.74 Å². The molecule has 0 N–H and O–H groups in total. The van der Waals surface area contributed by atoms with Gasteiger partial charge >= 0.3 is 0 Å². The normalized spacial score (nSPS) is 16.1. The highest BCUT2D eigenvalue weighted by Gasteiger charge is 2.32. The van der Waals surface area contributed by atoms with Crippen molar-refractivity contribution in [2.45, 2.75) is 11.7 Å². The highest BCUT2D eigenvalue weighted by atomic mass is 32.2. The molecule has 0 fully saturated rings. The molecule has 0 aliphatic carbocycles. The zero-order valence-electron chi connectivity index (χ0n) is 14.1. The number of aldehydes is 1. The lowest BCUT2D eigenvalue weighted by atomic mass is 9.87. The van der Waals surface area contributed by atoms with Gasteiger partial charge in [-0.3, -0.25) is 0 Å². The fourth-order valence-electron chi connectivity index (χ4n) is 3.15. The van der Waals surface area contributed by atoms with Crippen LogP contribution in [0.4, 0.5) is 0 Å². The second kappa shape index (κ2) is 7.46. The summed E-state index contributed by atoms with van der Waals surface area (Å²) in [5.74, 6) is 0.719. The number of fused-ring (bicyclic) bond motifs is 1. The average molecular weight is 397 g/mol. The van der Waals surface area contributed by atoms with E-state index >= 15 is 0 Å². The number of benzene rings is 2. The summed E-state index contributed by atoms with van der Waals surface area (Å²) in [6.45, 7) is 0. The van der Waals surface area contributed by atoms with Gasteiger partial charge in [-0.1, -0.05) is 42.5 Å². The van der Waals surface area contributed by atoms with Gasteiger partial charge in [0.2, 0.25) is 0 Å². The quantitative estimate of drug-likeness (QED) is 0.527. The molecular weight excluding hydrogens is 382 g/mol. The molecule has 0 amide bonds. The number of ether oxygens (including phenoxy) is 1. The third-order valence-electron chi connectivity index (χ3n) is 4.35. The Morgan fingerprint density at radius 3 is 2.56 bits per heavy atom. The topological polar surface area (TPSA) is 73.3 Å². The Morgan fingerprint density at radius 2 is 1.89 bits per heavy atom. The monoisotopic (exact) mass is 397 g/mol. The summed E-state index contributed by atoms with van der Waals surface area (Å²) in [4.78, 5) is 16.4. The zero-order chi connectivity index (χ0) is 18.8. The van der Waals surface area contributed by atoms with Gasteiger partial charge < -0.3 is 9.53 Å². The van der Waals surface area contributed by atoms with E-state index in [0.717, 1.165) is 28.0 Å². The predicted molar refractivity (Wildman–Crippen MR) is 105 cm³/mol. The summed E-state index contributed by atoms with van der Waals surface area (Å²) in [5.41, 5.74) is 3.00. The van der Waals surface area contributed by atoms with Crippen LogP contribution in [0.3, 0.4) is 0 Å². The van der Waals surface area contributed by atoms with Gasteiger partial charge in [0.1, 0.15) is 33.5 Å². The Labute approximate surface area is 161 Å². The number of para-hydroxylation sites is 1. The first-order chi connectivity index (χ1) is 13.2. The largest absolute Gasteiger partial charge is 0.456 e. The SMILES string of the molecule is O=CC1C(c2nccs2)=C(c2ccc(C[SH](=O)=O)cc2)Oc2ccccc21. The predicted octanol–water partition coefficient (Wildman–Crippen LogP) is 3.50. The Hall–Kier alpha value is -2.77. The van der Waals surface area contributed by atoms with Crippen molar-refractivity contribution in [1.29, 1.82) is 0 Å². The minimum atomic E-state index is -2.48. The molecule has 4 rings (SSSR count). The number of carbonyl (C=O) groups excluding carboxylic acids is 1. The standard InChI is InChI=1S/C20H15NO4S2/c22-11-16-15-3-1-2-4-17(15)25-19(18(16)20-21-9-10-26-20)14-7-5-13(6-8-14)12-27(23)24/h1-11,16,27H,12H2. The third-order valence-corrected chi connectivity index (χ3v) is 5.78. The van der Waals surface area contributed by atoms with Crippen LogP contribution in [-0.2, 0) is 21.3 Å². The molecule has 1 atom stereocenters. The van der Waals surface area contributed by atoms with Crippen molar-refractivity contribution in [1.82, 2.24) is 4.98 Å². The Balaban J connectivity index is 1.87. The summed E-state index contributed by atoms with van der Waals surface area (Å²) in [5, 5.41) is 2.58. The van der Waals surface area contributed by atoms with Crippen LogP contribution < -0.4 is 4.74 Å². The molecule has 136 valence electrons. The molecule has 7 heteroatoms. The van der Waals surface area contributed by atoms with Crippen LogP contribution in [0.5, 0.6) is 5.75 Å². The minimum Gasteiger partial charge on any atom is -0.456 e. The van der Waals surface area contributed by atoms with Gasteiger partial charge in [0.15, 0.2) is 0 Å². The molecule has 1 aliphatic rings. The van der Waals surface area contributed by atoms with Crippen molar-refractivity contribution in [3.05, 3.63) is 81.8 Å². The molecule has 0 bridgehead atoms. The highest BCUT2D eigenvalue weighted by Crippen LogP contribution is 2.46.